The average Bonchev–Trinajstić information content (AvgIpc) is 3.08. The van der Waals surface area contributed by atoms with Crippen molar-refractivity contribution in [2.24, 2.45) is 5.73 Å². The van der Waals surface area contributed by atoms with Gasteiger partial charge in [0.2, 0.25) is 5.95 Å². The number of aromatic nitrogens is 4. The van der Waals surface area contributed by atoms with Gasteiger partial charge in [0, 0.05) is 30.0 Å². The maximum absolute atomic E-state index is 11.6. The molecule has 8 nitrogen and oxygen atoms in total. The molecule has 4 N–H and O–H groups in total. The van der Waals surface area contributed by atoms with Crippen molar-refractivity contribution in [1.82, 2.24) is 20.2 Å². The molecule has 0 bridgehead atoms. The van der Waals surface area contributed by atoms with Gasteiger partial charge in [-0.25, -0.2) is 4.98 Å². The summed E-state index contributed by atoms with van der Waals surface area (Å²) in [5, 5.41) is 11.5. The Morgan fingerprint density at radius 3 is 2.82 bits per heavy atom. The van der Waals surface area contributed by atoms with E-state index in [4.69, 9.17) is 5.73 Å². The number of aromatic amines is 1. The van der Waals surface area contributed by atoms with E-state index in [-0.39, 0.29) is 0 Å². The third kappa shape index (κ3) is 3.23. The fourth-order valence-corrected chi connectivity index (χ4v) is 3.00. The van der Waals surface area contributed by atoms with Gasteiger partial charge in [0.25, 0.3) is 5.91 Å². The molecule has 0 aliphatic heterocycles. The number of hydrogen-bond donors (Lipinski definition) is 3. The minimum atomic E-state index is -0.515. The maximum atomic E-state index is 11.6. The Kier molecular flexibility index (Phi) is 4.36. The van der Waals surface area contributed by atoms with Gasteiger partial charge in [-0.15, -0.1) is 0 Å². The molecule has 0 fully saturated rings. The third-order valence-corrected chi connectivity index (χ3v) is 4.54. The van der Waals surface area contributed by atoms with Crippen molar-refractivity contribution < 1.29 is 4.79 Å². The summed E-state index contributed by atoms with van der Waals surface area (Å²) in [5.74, 6) is 0.550. The SMILES string of the molecule is Cc1[nH]nc2cc(N(C)c3ccnc(Nc4ccccc4C(N)=O)n3)ccc12. The van der Waals surface area contributed by atoms with Crippen molar-refractivity contribution in [1.29, 1.82) is 0 Å². The van der Waals surface area contributed by atoms with Gasteiger partial charge in [-0.3, -0.25) is 9.89 Å². The van der Waals surface area contributed by atoms with Crippen LogP contribution in [0.1, 0.15) is 16.1 Å². The minimum Gasteiger partial charge on any atom is -0.366 e. The Balaban J connectivity index is 1.63. The van der Waals surface area contributed by atoms with E-state index in [2.05, 4.69) is 25.5 Å². The number of carbonyl (C=O) groups is 1. The minimum absolute atomic E-state index is 0.370. The van der Waals surface area contributed by atoms with Crippen LogP contribution in [0.15, 0.2) is 54.7 Å². The number of primary amides is 1. The quantitative estimate of drug-likeness (QED) is 0.495. The van der Waals surface area contributed by atoms with Gasteiger partial charge in [-0.2, -0.15) is 10.1 Å². The molecule has 0 radical (unpaired) electrons. The molecule has 0 saturated carbocycles. The molecule has 0 atom stereocenters. The number of anilines is 4. The molecular formula is C20H19N7O. The molecule has 4 aromatic rings. The van der Waals surface area contributed by atoms with Gasteiger partial charge in [0.1, 0.15) is 5.82 Å². The summed E-state index contributed by atoms with van der Waals surface area (Å²) >= 11 is 0. The van der Waals surface area contributed by atoms with Crippen LogP contribution in [-0.2, 0) is 0 Å². The second-order valence-corrected chi connectivity index (χ2v) is 6.38. The van der Waals surface area contributed by atoms with Crippen LogP contribution in [0.5, 0.6) is 0 Å². The van der Waals surface area contributed by atoms with Gasteiger partial charge >= 0.3 is 0 Å². The third-order valence-electron chi connectivity index (χ3n) is 4.54. The van der Waals surface area contributed by atoms with Crippen LogP contribution in [-0.4, -0.2) is 33.1 Å². The van der Waals surface area contributed by atoms with Gasteiger partial charge in [-0.05, 0) is 43.3 Å². The molecule has 140 valence electrons. The number of H-pyrrole nitrogens is 1. The number of rotatable bonds is 5. The Hall–Kier alpha value is -3.94. The molecule has 2 aromatic carbocycles. The predicted octanol–water partition coefficient (Wildman–Crippen LogP) is 3.27. The summed E-state index contributed by atoms with van der Waals surface area (Å²) in [6.07, 6.45) is 1.66. The van der Waals surface area contributed by atoms with E-state index in [1.165, 1.54) is 0 Å². The highest BCUT2D eigenvalue weighted by molar-refractivity contribution is 5.99. The Morgan fingerprint density at radius 1 is 1.18 bits per heavy atom. The second kappa shape index (κ2) is 6.99. The molecule has 4 rings (SSSR count). The smallest absolute Gasteiger partial charge is 0.250 e. The number of para-hydroxylation sites is 1. The summed E-state index contributed by atoms with van der Waals surface area (Å²) in [6, 6.07) is 14.8. The first-order chi connectivity index (χ1) is 13.5. The number of nitrogens with one attached hydrogen (secondary N) is 2. The van der Waals surface area contributed by atoms with E-state index < -0.39 is 5.91 Å². The van der Waals surface area contributed by atoms with Crippen LogP contribution >= 0.6 is 0 Å². The summed E-state index contributed by atoms with van der Waals surface area (Å²) in [7, 11) is 1.92. The second-order valence-electron chi connectivity index (χ2n) is 6.38. The highest BCUT2D eigenvalue weighted by Crippen LogP contribution is 2.27. The largest absolute Gasteiger partial charge is 0.366 e. The highest BCUT2D eigenvalue weighted by Gasteiger charge is 2.12. The molecule has 0 aliphatic carbocycles. The number of amides is 1. The summed E-state index contributed by atoms with van der Waals surface area (Å²) in [5.41, 5.74) is 9.24. The molecular weight excluding hydrogens is 354 g/mol. The summed E-state index contributed by atoms with van der Waals surface area (Å²) in [6.45, 7) is 1.99. The van der Waals surface area contributed by atoms with Crippen LogP contribution in [0.4, 0.5) is 23.1 Å². The lowest BCUT2D eigenvalue weighted by atomic mass is 10.1. The number of hydrogen-bond acceptors (Lipinski definition) is 6. The lowest BCUT2D eigenvalue weighted by Crippen LogP contribution is -2.15. The first-order valence-electron chi connectivity index (χ1n) is 8.70. The normalized spacial score (nSPS) is 10.8. The van der Waals surface area contributed by atoms with E-state index in [9.17, 15) is 4.79 Å². The first-order valence-corrected chi connectivity index (χ1v) is 8.70. The molecule has 8 heteroatoms. The van der Waals surface area contributed by atoms with E-state index in [1.807, 2.05) is 49.2 Å². The van der Waals surface area contributed by atoms with Crippen LogP contribution in [0, 0.1) is 6.92 Å². The van der Waals surface area contributed by atoms with Crippen molar-refractivity contribution in [3.63, 3.8) is 0 Å². The molecule has 0 spiro atoms. The average molecular weight is 373 g/mol. The van der Waals surface area contributed by atoms with Gasteiger partial charge in [0.05, 0.1) is 16.8 Å². The van der Waals surface area contributed by atoms with Gasteiger partial charge in [-0.1, -0.05) is 12.1 Å². The predicted molar refractivity (Wildman–Crippen MR) is 109 cm³/mol. The van der Waals surface area contributed by atoms with E-state index in [0.717, 1.165) is 22.3 Å². The maximum Gasteiger partial charge on any atom is 0.250 e. The van der Waals surface area contributed by atoms with E-state index >= 15 is 0 Å². The molecule has 2 aromatic heterocycles. The zero-order valence-corrected chi connectivity index (χ0v) is 15.5. The monoisotopic (exact) mass is 373 g/mol. The van der Waals surface area contributed by atoms with E-state index in [0.29, 0.717) is 23.0 Å². The molecule has 2 heterocycles. The zero-order valence-electron chi connectivity index (χ0n) is 15.5. The number of carbonyl (C=O) groups excluding carboxylic acids is 1. The standard InChI is InChI=1S/C20H19N7O/c1-12-14-8-7-13(11-17(14)26-25-12)27(2)18-9-10-22-20(24-18)23-16-6-4-3-5-15(16)19(21)28/h3-11H,1-2H3,(H2,21,28)(H,25,26)(H,22,23,24). The molecule has 0 unspecified atom stereocenters. The number of fused-ring (bicyclic) bond motifs is 1. The highest BCUT2D eigenvalue weighted by atomic mass is 16.1. The fraction of sp³-hybridized carbons (Fsp3) is 0.100. The van der Waals surface area contributed by atoms with Crippen molar-refractivity contribution in [2.75, 3.05) is 17.3 Å². The first kappa shape index (κ1) is 17.5. The van der Waals surface area contributed by atoms with E-state index in [1.54, 1.807) is 24.4 Å². The van der Waals surface area contributed by atoms with Crippen molar-refractivity contribution in [3.05, 3.63) is 66.0 Å². The van der Waals surface area contributed by atoms with Crippen LogP contribution in [0.3, 0.4) is 0 Å². The molecule has 0 saturated heterocycles. The van der Waals surface area contributed by atoms with Gasteiger partial charge in [0.15, 0.2) is 0 Å². The van der Waals surface area contributed by atoms with Crippen molar-refractivity contribution in [3.8, 4) is 0 Å². The Bertz CT molecular complexity index is 1170. The molecule has 1 amide bonds. The Labute approximate surface area is 161 Å². The molecule has 28 heavy (non-hydrogen) atoms. The fourth-order valence-electron chi connectivity index (χ4n) is 3.00. The van der Waals surface area contributed by atoms with Crippen LogP contribution in [0.2, 0.25) is 0 Å². The summed E-state index contributed by atoms with van der Waals surface area (Å²) < 4.78 is 0. The zero-order chi connectivity index (χ0) is 19.7. The lowest BCUT2D eigenvalue weighted by molar-refractivity contribution is 0.100. The van der Waals surface area contributed by atoms with Crippen LogP contribution < -0.4 is 16.0 Å². The number of nitrogens with two attached hydrogens (primary N) is 1. The topological polar surface area (TPSA) is 113 Å². The number of nitrogens with zero attached hydrogens (tertiary/aromatic N) is 4. The molecule has 0 aliphatic rings. The number of aryl methyl sites for hydroxylation is 1. The summed E-state index contributed by atoms with van der Waals surface area (Å²) in [4.78, 5) is 22.3. The Morgan fingerprint density at radius 2 is 2.00 bits per heavy atom. The van der Waals surface area contributed by atoms with Crippen LogP contribution in [0.25, 0.3) is 10.9 Å². The van der Waals surface area contributed by atoms with Crippen molar-refractivity contribution in [2.45, 2.75) is 6.92 Å². The number of benzene rings is 2. The van der Waals surface area contributed by atoms with Gasteiger partial charge < -0.3 is 16.0 Å². The lowest BCUT2D eigenvalue weighted by Gasteiger charge is -2.19. The van der Waals surface area contributed by atoms with Crippen molar-refractivity contribution >= 4 is 40.0 Å².